The molecule has 260 valence electrons. The lowest BCUT2D eigenvalue weighted by Crippen LogP contribution is -2.08. The highest BCUT2D eigenvalue weighted by molar-refractivity contribution is 7.63. The Bertz CT molecular complexity index is 668. The number of hydrogen-bond acceptors (Lipinski definition) is 3. The quantitative estimate of drug-likeness (QED) is 0.0463. The average molecular weight is 647 g/mol. The van der Waals surface area contributed by atoms with Crippen LogP contribution in [0.5, 0.6) is 0 Å². The van der Waals surface area contributed by atoms with E-state index >= 15 is 0 Å². The molecule has 0 saturated carbocycles. The fraction of sp³-hybridized carbons (Fsp3) is 0.947. The molecule has 0 aromatic rings. The average Bonchev–Trinajstić information content (AvgIpc) is 2.92. The summed E-state index contributed by atoms with van der Waals surface area (Å²) in [5.74, 6) is 0. The van der Waals surface area contributed by atoms with Crippen molar-refractivity contribution in [1.82, 2.24) is 0 Å². The van der Waals surface area contributed by atoms with Gasteiger partial charge in [0.1, 0.15) is 0 Å². The van der Waals surface area contributed by atoms with Crippen molar-refractivity contribution in [3.63, 3.8) is 0 Å². The molecule has 0 aliphatic rings. The van der Waals surface area contributed by atoms with Crippen molar-refractivity contribution in [2.75, 3.05) is 38.5 Å². The summed E-state index contributed by atoms with van der Waals surface area (Å²) in [7, 11) is -3.84. The zero-order chi connectivity index (χ0) is 32.5. The molecule has 2 unspecified atom stereocenters. The zero-order valence-electron chi connectivity index (χ0n) is 30.4. The molecule has 0 aliphatic heterocycles. The van der Waals surface area contributed by atoms with E-state index in [0.717, 1.165) is 25.2 Å². The van der Waals surface area contributed by atoms with Crippen molar-refractivity contribution in [3.8, 4) is 0 Å². The van der Waals surface area contributed by atoms with Crippen LogP contribution in [0, 0.1) is 0 Å². The molecule has 0 aliphatic carbocycles. The summed E-state index contributed by atoms with van der Waals surface area (Å²) in [5, 5.41) is 9.31. The van der Waals surface area contributed by atoms with E-state index in [0.29, 0.717) is 6.16 Å². The van der Waals surface area contributed by atoms with Gasteiger partial charge in [-0.05, 0) is 65.4 Å². The number of allylic oxidation sites excluding steroid dienone is 2. The Labute approximate surface area is 272 Å². The highest BCUT2D eigenvalue weighted by Gasteiger charge is 2.17. The fourth-order valence-electron chi connectivity index (χ4n) is 5.68. The summed E-state index contributed by atoms with van der Waals surface area (Å²) in [4.78, 5) is 0. The largest absolute Gasteiger partial charge is 0.393 e. The Morgan fingerprint density at radius 1 is 0.488 bits per heavy atom. The third-order valence-corrected chi connectivity index (χ3v) is 12.3. The van der Waals surface area contributed by atoms with Gasteiger partial charge in [0.15, 0.2) is 0 Å². The van der Waals surface area contributed by atoms with Gasteiger partial charge in [0.2, 0.25) is 0 Å². The molecule has 1 N–H and O–H groups in total. The van der Waals surface area contributed by atoms with Gasteiger partial charge >= 0.3 is 0 Å². The molecule has 0 bridgehead atoms. The highest BCUT2D eigenvalue weighted by Crippen LogP contribution is 2.42. The molecular weight excluding hydrogens is 566 g/mol. The third-order valence-electron chi connectivity index (χ3n) is 8.34. The Morgan fingerprint density at radius 3 is 1.12 bits per heavy atom. The molecule has 0 aromatic heterocycles. The second kappa shape index (κ2) is 33.5. The molecule has 0 saturated heterocycles. The van der Waals surface area contributed by atoms with Crippen molar-refractivity contribution >= 4 is 14.3 Å². The van der Waals surface area contributed by atoms with Gasteiger partial charge < -0.3 is 14.2 Å². The molecular formula is C38H80O3P2. The number of aliphatic hydroxyl groups excluding tert-OH is 1. The van der Waals surface area contributed by atoms with E-state index in [1.165, 1.54) is 154 Å². The topological polar surface area (TPSA) is 54.4 Å². The van der Waals surface area contributed by atoms with Crippen LogP contribution < -0.4 is 0 Å². The van der Waals surface area contributed by atoms with Gasteiger partial charge in [0.25, 0.3) is 0 Å². The first-order chi connectivity index (χ1) is 20.5. The number of rotatable bonds is 31. The second-order valence-corrected chi connectivity index (χ2v) is 21.2. The van der Waals surface area contributed by atoms with Crippen LogP contribution in [0.15, 0.2) is 12.2 Å². The minimum atomic E-state index is -2.08. The van der Waals surface area contributed by atoms with Gasteiger partial charge in [-0.2, -0.15) is 0 Å². The second-order valence-electron chi connectivity index (χ2n) is 14.2. The summed E-state index contributed by atoms with van der Waals surface area (Å²) in [6.07, 6.45) is 41.3. The standard InChI is InChI=1S/C20H41OP.C18H39O2P/c1-4-5-6-7-8-9-10-11-12-13-14-15-16-17-18-19-20-22(2,3)21;1-4-5-6-7-8-9-10-11-12-13-14-15-16-21(3,20)17-18(2)19/h11-12H,4-10,13-20H2,1-3H3;18-19H,4-17H2,1-3H3. The highest BCUT2D eigenvalue weighted by atomic mass is 31.2. The summed E-state index contributed by atoms with van der Waals surface area (Å²) in [6, 6.07) is 0. The SMILES string of the molecule is CCCCCCCCC=CCCCCCCCCP(C)(C)=O.CCCCCCCCCCCCCCP(C)(=O)CC(C)O. The first-order valence-electron chi connectivity index (χ1n) is 19.0. The monoisotopic (exact) mass is 647 g/mol. The Kier molecular flexibility index (Phi) is 35.3. The van der Waals surface area contributed by atoms with Gasteiger partial charge in [-0.3, -0.25) is 0 Å². The predicted molar refractivity (Wildman–Crippen MR) is 200 cm³/mol. The molecule has 2 atom stereocenters. The van der Waals surface area contributed by atoms with E-state index in [-0.39, 0.29) is 0 Å². The maximum Gasteiger partial charge on any atom is 0.0873 e. The number of aliphatic hydroxyl groups is 1. The maximum absolute atomic E-state index is 12.1. The number of hydrogen-bond donors (Lipinski definition) is 1. The van der Waals surface area contributed by atoms with Gasteiger partial charge in [-0.1, -0.05) is 154 Å². The van der Waals surface area contributed by atoms with E-state index in [1.807, 2.05) is 20.0 Å². The van der Waals surface area contributed by atoms with Crippen LogP contribution in [0.3, 0.4) is 0 Å². The summed E-state index contributed by atoms with van der Waals surface area (Å²) < 4.78 is 23.7. The van der Waals surface area contributed by atoms with Gasteiger partial charge in [0, 0.05) is 18.5 Å². The Balaban J connectivity index is 0. The molecule has 43 heavy (non-hydrogen) atoms. The first-order valence-corrected chi connectivity index (χ1v) is 24.3. The van der Waals surface area contributed by atoms with Crippen LogP contribution in [0.2, 0.25) is 0 Å². The summed E-state index contributed by atoms with van der Waals surface area (Å²) in [5.41, 5.74) is 0. The van der Waals surface area contributed by atoms with Crippen LogP contribution in [0.25, 0.3) is 0 Å². The Hall–Kier alpha value is 0.160. The van der Waals surface area contributed by atoms with Crippen molar-refractivity contribution < 1.29 is 14.2 Å². The molecule has 0 radical (unpaired) electrons. The van der Waals surface area contributed by atoms with E-state index < -0.39 is 20.4 Å². The minimum Gasteiger partial charge on any atom is -0.393 e. The van der Waals surface area contributed by atoms with E-state index in [9.17, 15) is 14.2 Å². The normalized spacial score (nSPS) is 14.0. The summed E-state index contributed by atoms with van der Waals surface area (Å²) in [6.45, 7) is 11.9. The van der Waals surface area contributed by atoms with Crippen LogP contribution in [0.1, 0.15) is 188 Å². The van der Waals surface area contributed by atoms with E-state index in [2.05, 4.69) is 26.0 Å². The van der Waals surface area contributed by atoms with Crippen LogP contribution >= 0.6 is 14.3 Å². The number of unbranched alkanes of at least 4 members (excludes halogenated alkanes) is 23. The molecule has 0 heterocycles. The minimum absolute atomic E-state index is 0.418. The van der Waals surface area contributed by atoms with Crippen LogP contribution in [0.4, 0.5) is 0 Å². The van der Waals surface area contributed by atoms with Gasteiger partial charge in [-0.25, -0.2) is 0 Å². The lowest BCUT2D eigenvalue weighted by atomic mass is 10.1. The maximum atomic E-state index is 12.1. The summed E-state index contributed by atoms with van der Waals surface area (Å²) >= 11 is 0. The van der Waals surface area contributed by atoms with Crippen LogP contribution in [-0.4, -0.2) is 49.7 Å². The lowest BCUT2D eigenvalue weighted by molar-refractivity contribution is 0.217. The molecule has 3 nitrogen and oxygen atoms in total. The van der Waals surface area contributed by atoms with Gasteiger partial charge in [0.05, 0.1) is 20.4 Å². The molecule has 0 rings (SSSR count). The first kappa shape index (κ1) is 45.3. The van der Waals surface area contributed by atoms with Crippen molar-refractivity contribution in [2.45, 2.75) is 194 Å². The third kappa shape index (κ3) is 44.3. The smallest absolute Gasteiger partial charge is 0.0873 e. The lowest BCUT2D eigenvalue weighted by Gasteiger charge is -2.14. The molecule has 0 amide bonds. The van der Waals surface area contributed by atoms with Crippen molar-refractivity contribution in [2.24, 2.45) is 0 Å². The van der Waals surface area contributed by atoms with Gasteiger partial charge in [-0.15, -0.1) is 0 Å². The van der Waals surface area contributed by atoms with Crippen LogP contribution in [-0.2, 0) is 9.13 Å². The predicted octanol–water partition coefficient (Wildman–Crippen LogP) is 13.7. The van der Waals surface area contributed by atoms with Crippen molar-refractivity contribution in [3.05, 3.63) is 12.2 Å². The van der Waals surface area contributed by atoms with Crippen molar-refractivity contribution in [1.29, 1.82) is 0 Å². The molecule has 0 fully saturated rings. The molecule has 0 spiro atoms. The Morgan fingerprint density at radius 2 is 0.791 bits per heavy atom. The van der Waals surface area contributed by atoms with E-state index in [4.69, 9.17) is 0 Å². The fourth-order valence-corrected chi connectivity index (χ4v) is 8.86. The molecule has 5 heteroatoms. The van der Waals surface area contributed by atoms with E-state index in [1.54, 1.807) is 6.92 Å². The molecule has 0 aromatic carbocycles. The zero-order valence-corrected chi connectivity index (χ0v) is 32.2.